The highest BCUT2D eigenvalue weighted by Gasteiger charge is 2.25. The van der Waals surface area contributed by atoms with Crippen molar-refractivity contribution in [2.75, 3.05) is 27.2 Å². The number of rotatable bonds is 6. The van der Waals surface area contributed by atoms with Crippen molar-refractivity contribution < 1.29 is 4.74 Å². The number of ether oxygens (including phenoxy) is 1. The fourth-order valence-corrected chi connectivity index (χ4v) is 4.81. The van der Waals surface area contributed by atoms with Crippen LogP contribution in [0, 0.1) is 6.92 Å². The summed E-state index contributed by atoms with van der Waals surface area (Å²) in [7, 11) is 7.64. The Balaban J connectivity index is 1.69. The summed E-state index contributed by atoms with van der Waals surface area (Å²) in [5.41, 5.74) is 5.73. The second-order valence-electron chi connectivity index (χ2n) is 8.92. The predicted molar refractivity (Wildman–Crippen MR) is 126 cm³/mol. The number of fused-ring (bicyclic) bond motifs is 1. The summed E-state index contributed by atoms with van der Waals surface area (Å²) in [6, 6.07) is 13.2. The maximum atomic E-state index is 12.4. The Morgan fingerprint density at radius 3 is 2.26 bits per heavy atom. The second kappa shape index (κ2) is 8.89. The first-order valence-electron chi connectivity index (χ1n) is 11.1. The van der Waals surface area contributed by atoms with Crippen molar-refractivity contribution in [2.24, 2.45) is 14.1 Å². The van der Waals surface area contributed by atoms with E-state index in [0.29, 0.717) is 6.04 Å². The van der Waals surface area contributed by atoms with Gasteiger partial charge in [0, 0.05) is 38.8 Å². The van der Waals surface area contributed by atoms with Crippen molar-refractivity contribution in [3.63, 3.8) is 0 Å². The van der Waals surface area contributed by atoms with Gasteiger partial charge in [-0.15, -0.1) is 0 Å². The highest BCUT2D eigenvalue weighted by molar-refractivity contribution is 5.78. The molecule has 1 fully saturated rings. The van der Waals surface area contributed by atoms with Gasteiger partial charge in [0.1, 0.15) is 5.75 Å². The Kier molecular flexibility index (Phi) is 6.21. The summed E-state index contributed by atoms with van der Waals surface area (Å²) in [5.74, 6) is 0.943. The number of likely N-dealkylation sites (tertiary alicyclic amines) is 1. The van der Waals surface area contributed by atoms with Crippen molar-refractivity contribution in [1.82, 2.24) is 18.9 Å². The van der Waals surface area contributed by atoms with Crippen LogP contribution in [-0.2, 0) is 27.2 Å². The van der Waals surface area contributed by atoms with Gasteiger partial charge in [0.25, 0.3) is 0 Å². The number of aromatic nitrogens is 2. The van der Waals surface area contributed by atoms with E-state index < -0.39 is 0 Å². The average molecular weight is 423 g/mol. The lowest BCUT2D eigenvalue weighted by molar-refractivity contribution is 0.107. The van der Waals surface area contributed by atoms with Gasteiger partial charge in [0.2, 0.25) is 0 Å². The molecule has 0 spiro atoms. The van der Waals surface area contributed by atoms with Crippen molar-refractivity contribution in [1.29, 1.82) is 0 Å². The molecule has 0 amide bonds. The zero-order valence-corrected chi connectivity index (χ0v) is 19.4. The van der Waals surface area contributed by atoms with Crippen LogP contribution in [0.2, 0.25) is 0 Å². The van der Waals surface area contributed by atoms with Crippen LogP contribution in [0.15, 0.2) is 41.2 Å². The first-order chi connectivity index (χ1) is 14.9. The Morgan fingerprint density at radius 2 is 1.58 bits per heavy atom. The second-order valence-corrected chi connectivity index (χ2v) is 8.92. The lowest BCUT2D eigenvalue weighted by Gasteiger charge is -2.38. The number of hydrogen-bond acceptors (Lipinski definition) is 4. The minimum atomic E-state index is 0.0211. The molecule has 6 nitrogen and oxygen atoms in total. The number of piperidine rings is 1. The van der Waals surface area contributed by atoms with Gasteiger partial charge >= 0.3 is 5.69 Å². The molecule has 0 radical (unpaired) electrons. The molecule has 1 aliphatic rings. The van der Waals surface area contributed by atoms with Crippen LogP contribution in [0.5, 0.6) is 5.75 Å². The molecule has 2 aromatic carbocycles. The van der Waals surface area contributed by atoms with Crippen LogP contribution in [-0.4, -0.2) is 52.2 Å². The first kappa shape index (κ1) is 21.7. The third-order valence-corrected chi connectivity index (χ3v) is 6.87. The van der Waals surface area contributed by atoms with E-state index in [1.165, 1.54) is 16.7 Å². The standard InChI is InChI=1S/C25H34N4O2/c1-18-14-22-23(28(4)25(30)27(22)3)15-20(18)17-29(21-10-12-26(2)13-11-21)16-19-8-6-7-9-24(19)31-5/h6-9,14-15,21H,10-13,16-17H2,1-5H3. The third kappa shape index (κ3) is 4.27. The highest BCUT2D eigenvalue weighted by Crippen LogP contribution is 2.27. The van der Waals surface area contributed by atoms with Crippen LogP contribution < -0.4 is 10.4 Å². The van der Waals surface area contributed by atoms with E-state index in [4.69, 9.17) is 4.74 Å². The van der Waals surface area contributed by atoms with Gasteiger partial charge in [0.15, 0.2) is 0 Å². The zero-order valence-electron chi connectivity index (χ0n) is 19.4. The van der Waals surface area contributed by atoms with Gasteiger partial charge in [-0.1, -0.05) is 18.2 Å². The van der Waals surface area contributed by atoms with E-state index in [9.17, 15) is 4.79 Å². The molecule has 1 aliphatic heterocycles. The summed E-state index contributed by atoms with van der Waals surface area (Å²) in [5, 5.41) is 0. The molecule has 0 saturated carbocycles. The average Bonchev–Trinajstić information content (AvgIpc) is 2.98. The molecule has 166 valence electrons. The van der Waals surface area contributed by atoms with Gasteiger partial charge < -0.3 is 9.64 Å². The summed E-state index contributed by atoms with van der Waals surface area (Å²) in [6.07, 6.45) is 2.33. The van der Waals surface area contributed by atoms with Crippen LogP contribution in [0.3, 0.4) is 0 Å². The molecule has 0 aliphatic carbocycles. The molecule has 4 rings (SSSR count). The molecular weight excluding hydrogens is 388 g/mol. The Morgan fingerprint density at radius 1 is 0.968 bits per heavy atom. The van der Waals surface area contributed by atoms with E-state index >= 15 is 0 Å². The van der Waals surface area contributed by atoms with E-state index in [1.807, 2.05) is 26.2 Å². The number of benzene rings is 2. The molecule has 3 aromatic rings. The molecule has 0 bridgehead atoms. The van der Waals surface area contributed by atoms with Gasteiger partial charge in [-0.3, -0.25) is 14.0 Å². The molecule has 1 aromatic heterocycles. The maximum absolute atomic E-state index is 12.4. The fraction of sp³-hybridized carbons (Fsp3) is 0.480. The van der Waals surface area contributed by atoms with Crippen LogP contribution in [0.4, 0.5) is 0 Å². The molecule has 0 unspecified atom stereocenters. The van der Waals surface area contributed by atoms with Gasteiger partial charge in [-0.05, 0) is 69.2 Å². The minimum Gasteiger partial charge on any atom is -0.496 e. The molecule has 1 saturated heterocycles. The topological polar surface area (TPSA) is 42.6 Å². The molecule has 31 heavy (non-hydrogen) atoms. The summed E-state index contributed by atoms with van der Waals surface area (Å²) in [4.78, 5) is 17.4. The van der Waals surface area contributed by atoms with E-state index in [2.05, 4.69) is 48.0 Å². The van der Waals surface area contributed by atoms with Crippen LogP contribution >= 0.6 is 0 Å². The molecule has 6 heteroatoms. The summed E-state index contributed by atoms with van der Waals surface area (Å²) < 4.78 is 9.12. The van der Waals surface area contributed by atoms with E-state index in [-0.39, 0.29) is 5.69 Å². The zero-order chi connectivity index (χ0) is 22.1. The number of methoxy groups -OCH3 is 1. The predicted octanol–water partition coefficient (Wildman–Crippen LogP) is 3.29. The van der Waals surface area contributed by atoms with Crippen molar-refractivity contribution in [3.05, 3.63) is 63.6 Å². The number of para-hydroxylation sites is 1. The molecule has 0 N–H and O–H groups in total. The van der Waals surface area contributed by atoms with Crippen molar-refractivity contribution >= 4 is 11.0 Å². The SMILES string of the molecule is COc1ccccc1CN(Cc1cc2c(cc1C)n(C)c(=O)n2C)C1CCN(C)CC1. The van der Waals surface area contributed by atoms with E-state index in [0.717, 1.165) is 55.8 Å². The summed E-state index contributed by atoms with van der Waals surface area (Å²) >= 11 is 0. The smallest absolute Gasteiger partial charge is 0.328 e. The van der Waals surface area contributed by atoms with Crippen LogP contribution in [0.25, 0.3) is 11.0 Å². The van der Waals surface area contributed by atoms with Gasteiger partial charge in [-0.25, -0.2) is 4.79 Å². The molecule has 0 atom stereocenters. The molecular formula is C25H34N4O2. The van der Waals surface area contributed by atoms with Gasteiger partial charge in [0.05, 0.1) is 18.1 Å². The largest absolute Gasteiger partial charge is 0.496 e. The van der Waals surface area contributed by atoms with Gasteiger partial charge in [-0.2, -0.15) is 0 Å². The Labute approximate surface area is 184 Å². The number of hydrogen-bond donors (Lipinski definition) is 0. The third-order valence-electron chi connectivity index (χ3n) is 6.87. The first-order valence-corrected chi connectivity index (χ1v) is 11.1. The number of aryl methyl sites for hydroxylation is 3. The lowest BCUT2D eigenvalue weighted by atomic mass is 10.00. The summed E-state index contributed by atoms with van der Waals surface area (Å²) in [6.45, 7) is 6.11. The quantitative estimate of drug-likeness (QED) is 0.611. The fourth-order valence-electron chi connectivity index (χ4n) is 4.81. The monoisotopic (exact) mass is 422 g/mol. The lowest BCUT2D eigenvalue weighted by Crippen LogP contribution is -2.43. The van der Waals surface area contributed by atoms with Crippen LogP contribution in [0.1, 0.15) is 29.5 Å². The number of imidazole rings is 1. The van der Waals surface area contributed by atoms with Crippen molar-refractivity contribution in [3.8, 4) is 5.75 Å². The van der Waals surface area contributed by atoms with E-state index in [1.54, 1.807) is 16.2 Å². The normalized spacial score (nSPS) is 15.8. The Hall–Kier alpha value is -2.57. The van der Waals surface area contributed by atoms with Crippen molar-refractivity contribution in [2.45, 2.75) is 38.9 Å². The minimum absolute atomic E-state index is 0.0211. The molecule has 2 heterocycles. The Bertz CT molecular complexity index is 1120. The maximum Gasteiger partial charge on any atom is 0.328 e. The highest BCUT2D eigenvalue weighted by atomic mass is 16.5. The number of nitrogens with zero attached hydrogens (tertiary/aromatic N) is 4.